The van der Waals surface area contributed by atoms with Crippen LogP contribution in [0.3, 0.4) is 0 Å². The van der Waals surface area contributed by atoms with E-state index in [4.69, 9.17) is 14.6 Å². The first-order valence-corrected chi connectivity index (χ1v) is 6.83. The molecule has 0 bridgehead atoms. The number of rotatable bonds is 9. The van der Waals surface area contributed by atoms with Crippen LogP contribution in [0, 0.1) is 0 Å². The van der Waals surface area contributed by atoms with Crippen LogP contribution in [0.15, 0.2) is 30.3 Å². The van der Waals surface area contributed by atoms with Crippen molar-refractivity contribution < 1.29 is 19.4 Å². The highest BCUT2D eigenvalue weighted by Crippen LogP contribution is 2.10. The Morgan fingerprint density at radius 1 is 0.947 bits per heavy atom. The number of ether oxygens (including phenoxy) is 2. The smallest absolute Gasteiger partial charge is 0.434 e. The monoisotopic (exact) mass is 266 g/mol. The van der Waals surface area contributed by atoms with Crippen molar-refractivity contribution in [2.24, 2.45) is 0 Å². The van der Waals surface area contributed by atoms with E-state index in [1.54, 1.807) is 24.3 Å². The van der Waals surface area contributed by atoms with Gasteiger partial charge in [0, 0.05) is 6.61 Å². The molecule has 0 fully saturated rings. The second-order valence-electron chi connectivity index (χ2n) is 4.36. The Balaban J connectivity index is 1.96. The van der Waals surface area contributed by atoms with Crippen LogP contribution in [0.1, 0.15) is 38.5 Å². The van der Waals surface area contributed by atoms with E-state index in [9.17, 15) is 4.79 Å². The number of aliphatic hydroxyl groups excluding tert-OH is 1. The van der Waals surface area contributed by atoms with Gasteiger partial charge in [-0.1, -0.05) is 43.9 Å². The highest BCUT2D eigenvalue weighted by molar-refractivity contribution is 5.63. The lowest BCUT2D eigenvalue weighted by Crippen LogP contribution is -2.11. The fraction of sp³-hybridized carbons (Fsp3) is 0.533. The Hall–Kier alpha value is -1.55. The van der Waals surface area contributed by atoms with Gasteiger partial charge in [0.25, 0.3) is 0 Å². The van der Waals surface area contributed by atoms with E-state index in [0.29, 0.717) is 12.4 Å². The van der Waals surface area contributed by atoms with Crippen molar-refractivity contribution in [3.63, 3.8) is 0 Å². The van der Waals surface area contributed by atoms with Crippen molar-refractivity contribution in [3.8, 4) is 5.75 Å². The summed E-state index contributed by atoms with van der Waals surface area (Å²) in [5.41, 5.74) is 0. The molecule has 1 aromatic rings. The predicted molar refractivity (Wildman–Crippen MR) is 73.2 cm³/mol. The Morgan fingerprint density at radius 2 is 1.58 bits per heavy atom. The summed E-state index contributed by atoms with van der Waals surface area (Å²) >= 11 is 0. The second kappa shape index (κ2) is 10.4. The quantitative estimate of drug-likeness (QED) is 0.422. The van der Waals surface area contributed by atoms with Crippen molar-refractivity contribution in [2.75, 3.05) is 13.2 Å². The number of hydrogen-bond donors (Lipinski definition) is 1. The van der Waals surface area contributed by atoms with E-state index in [1.807, 2.05) is 6.07 Å². The van der Waals surface area contributed by atoms with Gasteiger partial charge in [0.05, 0.1) is 6.61 Å². The second-order valence-corrected chi connectivity index (χ2v) is 4.36. The molecule has 0 saturated heterocycles. The number of carbonyl (C=O) groups excluding carboxylic acids is 1. The molecule has 0 atom stereocenters. The molecule has 0 spiro atoms. The van der Waals surface area contributed by atoms with Gasteiger partial charge in [-0.3, -0.25) is 0 Å². The largest absolute Gasteiger partial charge is 0.513 e. The maximum atomic E-state index is 11.3. The topological polar surface area (TPSA) is 55.8 Å². The maximum Gasteiger partial charge on any atom is 0.513 e. The first-order valence-electron chi connectivity index (χ1n) is 6.83. The lowest BCUT2D eigenvalue weighted by Gasteiger charge is -2.05. The summed E-state index contributed by atoms with van der Waals surface area (Å²) in [6, 6.07) is 8.88. The van der Waals surface area contributed by atoms with Gasteiger partial charge in [-0.05, 0) is 25.0 Å². The van der Waals surface area contributed by atoms with E-state index in [2.05, 4.69) is 0 Å². The van der Waals surface area contributed by atoms with E-state index in [1.165, 1.54) is 0 Å². The molecule has 0 heterocycles. The summed E-state index contributed by atoms with van der Waals surface area (Å²) in [5.74, 6) is 0.497. The zero-order chi connectivity index (χ0) is 13.8. The summed E-state index contributed by atoms with van der Waals surface area (Å²) in [6.07, 6.45) is 5.40. The number of aliphatic hydroxyl groups is 1. The van der Waals surface area contributed by atoms with Crippen LogP contribution in [0.4, 0.5) is 4.79 Å². The Kier molecular flexibility index (Phi) is 8.47. The average molecular weight is 266 g/mol. The third-order valence-corrected chi connectivity index (χ3v) is 2.72. The molecule has 0 aliphatic carbocycles. The van der Waals surface area contributed by atoms with E-state index in [0.717, 1.165) is 38.5 Å². The standard InChI is InChI=1S/C15H22O4/c16-12-8-3-1-2-4-9-13-18-15(17)19-14-10-6-5-7-11-14/h5-7,10-11,16H,1-4,8-9,12-13H2. The third kappa shape index (κ3) is 8.21. The van der Waals surface area contributed by atoms with Crippen molar-refractivity contribution >= 4 is 6.16 Å². The highest BCUT2D eigenvalue weighted by atomic mass is 16.7. The van der Waals surface area contributed by atoms with Crippen LogP contribution in [0.2, 0.25) is 0 Å². The van der Waals surface area contributed by atoms with Crippen LogP contribution in [-0.2, 0) is 4.74 Å². The van der Waals surface area contributed by atoms with Gasteiger partial charge in [-0.2, -0.15) is 0 Å². The average Bonchev–Trinajstić information content (AvgIpc) is 2.43. The summed E-state index contributed by atoms with van der Waals surface area (Å²) in [4.78, 5) is 11.3. The molecule has 19 heavy (non-hydrogen) atoms. The number of unbranched alkanes of at least 4 members (excludes halogenated alkanes) is 5. The van der Waals surface area contributed by atoms with E-state index >= 15 is 0 Å². The lowest BCUT2D eigenvalue weighted by molar-refractivity contribution is 0.0972. The molecule has 0 unspecified atom stereocenters. The molecule has 0 radical (unpaired) electrons. The molecule has 4 nitrogen and oxygen atoms in total. The first-order chi connectivity index (χ1) is 9.33. The molecule has 106 valence electrons. The molecule has 0 aromatic heterocycles. The van der Waals surface area contributed by atoms with E-state index in [-0.39, 0.29) is 6.61 Å². The van der Waals surface area contributed by atoms with Crippen molar-refractivity contribution in [3.05, 3.63) is 30.3 Å². The Labute approximate surface area is 114 Å². The van der Waals surface area contributed by atoms with Crippen molar-refractivity contribution in [1.82, 2.24) is 0 Å². The molecule has 0 aliphatic rings. The minimum absolute atomic E-state index is 0.272. The third-order valence-electron chi connectivity index (χ3n) is 2.72. The zero-order valence-corrected chi connectivity index (χ0v) is 11.2. The van der Waals surface area contributed by atoms with Crippen LogP contribution < -0.4 is 4.74 Å². The fourth-order valence-electron chi connectivity index (χ4n) is 1.69. The number of benzene rings is 1. The number of carbonyl (C=O) groups is 1. The van der Waals surface area contributed by atoms with Crippen molar-refractivity contribution in [1.29, 1.82) is 0 Å². The van der Waals surface area contributed by atoms with Crippen LogP contribution in [0.25, 0.3) is 0 Å². The molecular weight excluding hydrogens is 244 g/mol. The van der Waals surface area contributed by atoms with Gasteiger partial charge in [-0.15, -0.1) is 0 Å². The fourth-order valence-corrected chi connectivity index (χ4v) is 1.69. The Bertz CT molecular complexity index is 337. The van der Waals surface area contributed by atoms with Crippen LogP contribution in [0.5, 0.6) is 5.75 Å². The maximum absolute atomic E-state index is 11.3. The van der Waals surface area contributed by atoms with Crippen LogP contribution >= 0.6 is 0 Å². The van der Waals surface area contributed by atoms with Crippen LogP contribution in [-0.4, -0.2) is 24.5 Å². The number of para-hydroxylation sites is 1. The molecule has 1 aromatic carbocycles. The number of hydrogen-bond acceptors (Lipinski definition) is 4. The zero-order valence-electron chi connectivity index (χ0n) is 11.2. The summed E-state index contributed by atoms with van der Waals surface area (Å²) in [5, 5.41) is 8.62. The molecule has 0 saturated carbocycles. The minimum Gasteiger partial charge on any atom is -0.434 e. The molecule has 0 amide bonds. The van der Waals surface area contributed by atoms with Gasteiger partial charge < -0.3 is 14.6 Å². The normalized spacial score (nSPS) is 10.2. The van der Waals surface area contributed by atoms with Gasteiger partial charge in [0.1, 0.15) is 5.75 Å². The molecule has 1 N–H and O–H groups in total. The first kappa shape index (κ1) is 15.5. The molecule has 4 heteroatoms. The minimum atomic E-state index is -0.647. The molecule has 1 rings (SSSR count). The van der Waals surface area contributed by atoms with Gasteiger partial charge >= 0.3 is 6.16 Å². The molecule has 0 aliphatic heterocycles. The highest BCUT2D eigenvalue weighted by Gasteiger charge is 2.04. The SMILES string of the molecule is O=C(OCCCCCCCCO)Oc1ccccc1. The van der Waals surface area contributed by atoms with Crippen molar-refractivity contribution in [2.45, 2.75) is 38.5 Å². The summed E-state index contributed by atoms with van der Waals surface area (Å²) in [7, 11) is 0. The Morgan fingerprint density at radius 3 is 2.26 bits per heavy atom. The predicted octanol–water partition coefficient (Wildman–Crippen LogP) is 3.53. The van der Waals surface area contributed by atoms with E-state index < -0.39 is 6.16 Å². The summed E-state index contributed by atoms with van der Waals surface area (Å²) < 4.78 is 9.96. The summed E-state index contributed by atoms with van der Waals surface area (Å²) in [6.45, 7) is 0.667. The lowest BCUT2D eigenvalue weighted by atomic mass is 10.1. The molecular formula is C15H22O4. The van der Waals surface area contributed by atoms with Gasteiger partial charge in [-0.25, -0.2) is 4.79 Å². The van der Waals surface area contributed by atoms with Gasteiger partial charge in [0.15, 0.2) is 0 Å². The van der Waals surface area contributed by atoms with Gasteiger partial charge in [0.2, 0.25) is 0 Å².